The predicted octanol–water partition coefficient (Wildman–Crippen LogP) is 3.49. The van der Waals surface area contributed by atoms with E-state index in [0.29, 0.717) is 17.0 Å². The van der Waals surface area contributed by atoms with Crippen molar-refractivity contribution >= 4 is 34.3 Å². The number of carbonyl (C=O) groups is 1. The van der Waals surface area contributed by atoms with Crippen molar-refractivity contribution in [1.82, 2.24) is 0 Å². The number of para-hydroxylation sites is 1. The summed E-state index contributed by atoms with van der Waals surface area (Å²) in [5.41, 5.74) is 7.08. The Labute approximate surface area is 143 Å². The van der Waals surface area contributed by atoms with E-state index in [4.69, 9.17) is 14.9 Å². The zero-order valence-corrected chi connectivity index (χ0v) is 14.1. The predicted molar refractivity (Wildman–Crippen MR) is 94.7 cm³/mol. The van der Waals surface area contributed by atoms with Gasteiger partial charge in [0.05, 0.1) is 12.8 Å². The molecular formula is C18H16N2O3S. The summed E-state index contributed by atoms with van der Waals surface area (Å²) in [5.74, 6) is -0.0268. The van der Waals surface area contributed by atoms with Gasteiger partial charge in [-0.1, -0.05) is 18.2 Å². The lowest BCUT2D eigenvalue weighted by molar-refractivity contribution is 0.0996. The number of fused-ring (bicyclic) bond motifs is 1. The molecule has 0 fully saturated rings. The summed E-state index contributed by atoms with van der Waals surface area (Å²) in [6.45, 7) is 0. The van der Waals surface area contributed by atoms with Crippen molar-refractivity contribution in [2.45, 2.75) is 4.90 Å². The fourth-order valence-electron chi connectivity index (χ4n) is 2.34. The van der Waals surface area contributed by atoms with E-state index in [1.54, 1.807) is 31.0 Å². The molecule has 24 heavy (non-hydrogen) atoms. The largest absolute Gasteiger partial charge is 0.493 e. The number of hydrogen-bond donors (Lipinski definition) is 1. The van der Waals surface area contributed by atoms with Gasteiger partial charge >= 0.3 is 0 Å². The molecule has 6 heteroatoms. The maximum atomic E-state index is 11.8. The van der Waals surface area contributed by atoms with Crippen LogP contribution in [0, 0.1) is 0 Å². The Hall–Kier alpha value is -2.73. The van der Waals surface area contributed by atoms with E-state index in [0.717, 1.165) is 10.3 Å². The third kappa shape index (κ3) is 3.14. The number of benzene rings is 2. The molecule has 3 aromatic rings. The molecule has 2 aromatic carbocycles. The van der Waals surface area contributed by atoms with Gasteiger partial charge in [0.1, 0.15) is 5.56 Å². The second-order valence-electron chi connectivity index (χ2n) is 5.02. The zero-order chi connectivity index (χ0) is 17.1. The van der Waals surface area contributed by atoms with E-state index >= 15 is 0 Å². The van der Waals surface area contributed by atoms with Gasteiger partial charge in [-0.05, 0) is 36.6 Å². The molecular weight excluding hydrogens is 324 g/mol. The first-order chi connectivity index (χ1) is 11.6. The first-order valence-corrected chi connectivity index (χ1v) is 8.44. The Morgan fingerprint density at radius 3 is 2.71 bits per heavy atom. The second kappa shape index (κ2) is 6.80. The molecule has 0 saturated carbocycles. The third-order valence-electron chi connectivity index (χ3n) is 3.51. The highest BCUT2D eigenvalue weighted by atomic mass is 32.2. The molecule has 1 amide bonds. The molecule has 3 rings (SSSR count). The van der Waals surface area contributed by atoms with E-state index in [1.165, 1.54) is 0 Å². The minimum atomic E-state index is -0.594. The van der Waals surface area contributed by atoms with Crippen LogP contribution in [0.15, 0.2) is 62.8 Å². The average molecular weight is 340 g/mol. The lowest BCUT2D eigenvalue weighted by Gasteiger charge is -2.06. The van der Waals surface area contributed by atoms with Crippen LogP contribution in [0.25, 0.3) is 11.0 Å². The summed E-state index contributed by atoms with van der Waals surface area (Å²) in [7, 11) is 1.56. The number of thioether (sulfide) groups is 1. The number of methoxy groups -OCH3 is 1. The summed E-state index contributed by atoms with van der Waals surface area (Å²) >= 11 is 1.61. The van der Waals surface area contributed by atoms with E-state index in [9.17, 15) is 4.79 Å². The summed E-state index contributed by atoms with van der Waals surface area (Å²) in [4.78, 5) is 17.3. The average Bonchev–Trinajstić information content (AvgIpc) is 2.60. The SMILES string of the molecule is COc1cccc2cc(C(N)=O)c(=Nc3cccc(SC)c3)oc12. The Balaban J connectivity index is 2.29. The van der Waals surface area contributed by atoms with Gasteiger partial charge in [-0.2, -0.15) is 0 Å². The molecule has 0 radical (unpaired) electrons. The van der Waals surface area contributed by atoms with Gasteiger partial charge in [0.25, 0.3) is 5.91 Å². The summed E-state index contributed by atoms with van der Waals surface area (Å²) in [6, 6.07) is 14.7. The van der Waals surface area contributed by atoms with Crippen LogP contribution >= 0.6 is 11.8 Å². The maximum absolute atomic E-state index is 11.8. The lowest BCUT2D eigenvalue weighted by atomic mass is 10.1. The van der Waals surface area contributed by atoms with Gasteiger partial charge in [0.2, 0.25) is 5.55 Å². The monoisotopic (exact) mass is 340 g/mol. The quantitative estimate of drug-likeness (QED) is 0.737. The van der Waals surface area contributed by atoms with E-state index in [-0.39, 0.29) is 11.1 Å². The normalized spacial score (nSPS) is 11.7. The number of carbonyl (C=O) groups excluding carboxylic acids is 1. The molecule has 1 aromatic heterocycles. The van der Waals surface area contributed by atoms with Gasteiger partial charge in [0.15, 0.2) is 11.3 Å². The molecule has 5 nitrogen and oxygen atoms in total. The third-order valence-corrected chi connectivity index (χ3v) is 4.23. The topological polar surface area (TPSA) is 77.8 Å². The first kappa shape index (κ1) is 16.1. The molecule has 0 atom stereocenters. The molecule has 0 aliphatic heterocycles. The second-order valence-corrected chi connectivity index (χ2v) is 5.90. The summed E-state index contributed by atoms with van der Waals surface area (Å²) < 4.78 is 11.2. The first-order valence-electron chi connectivity index (χ1n) is 7.22. The lowest BCUT2D eigenvalue weighted by Crippen LogP contribution is -2.21. The van der Waals surface area contributed by atoms with Crippen molar-refractivity contribution in [3.8, 4) is 5.75 Å². The van der Waals surface area contributed by atoms with Crippen LogP contribution in [0.1, 0.15) is 10.4 Å². The van der Waals surface area contributed by atoms with Gasteiger partial charge in [0, 0.05) is 10.3 Å². The van der Waals surface area contributed by atoms with Crippen molar-refractivity contribution in [2.24, 2.45) is 10.7 Å². The molecule has 2 N–H and O–H groups in total. The van der Waals surface area contributed by atoms with Crippen molar-refractivity contribution in [1.29, 1.82) is 0 Å². The molecule has 1 heterocycles. The van der Waals surface area contributed by atoms with Crippen molar-refractivity contribution in [3.63, 3.8) is 0 Å². The van der Waals surface area contributed by atoms with E-state index in [1.807, 2.05) is 42.7 Å². The van der Waals surface area contributed by atoms with Crippen molar-refractivity contribution in [2.75, 3.05) is 13.4 Å². The zero-order valence-electron chi connectivity index (χ0n) is 13.3. The van der Waals surface area contributed by atoms with Gasteiger partial charge in [-0.3, -0.25) is 4.79 Å². The van der Waals surface area contributed by atoms with Crippen molar-refractivity contribution < 1.29 is 13.9 Å². The number of nitrogens with two attached hydrogens (primary N) is 1. The van der Waals surface area contributed by atoms with Crippen molar-refractivity contribution in [3.05, 3.63) is 59.6 Å². The maximum Gasteiger partial charge on any atom is 0.254 e. The molecule has 0 bridgehead atoms. The number of ether oxygens (including phenoxy) is 1. The number of hydrogen-bond acceptors (Lipinski definition) is 5. The highest BCUT2D eigenvalue weighted by Gasteiger charge is 2.12. The molecule has 0 saturated heterocycles. The number of nitrogens with zero attached hydrogens (tertiary/aromatic N) is 1. The number of rotatable bonds is 4. The van der Waals surface area contributed by atoms with Gasteiger partial charge in [-0.25, -0.2) is 4.99 Å². The van der Waals surface area contributed by atoms with E-state index in [2.05, 4.69) is 4.99 Å². The van der Waals surface area contributed by atoms with Crippen LogP contribution in [-0.2, 0) is 0 Å². The minimum Gasteiger partial charge on any atom is -0.493 e. The van der Waals surface area contributed by atoms with Crippen LogP contribution < -0.4 is 16.0 Å². The highest BCUT2D eigenvalue weighted by Crippen LogP contribution is 2.25. The highest BCUT2D eigenvalue weighted by molar-refractivity contribution is 7.98. The van der Waals surface area contributed by atoms with Crippen LogP contribution in [0.5, 0.6) is 5.75 Å². The minimum absolute atomic E-state index is 0.165. The van der Waals surface area contributed by atoms with Crippen LogP contribution in [0.3, 0.4) is 0 Å². The summed E-state index contributed by atoms with van der Waals surface area (Å²) in [5, 5.41) is 0.722. The van der Waals surface area contributed by atoms with Crippen LogP contribution in [0.2, 0.25) is 0 Å². The molecule has 0 spiro atoms. The van der Waals surface area contributed by atoms with Crippen LogP contribution in [-0.4, -0.2) is 19.3 Å². The fourth-order valence-corrected chi connectivity index (χ4v) is 2.80. The summed E-state index contributed by atoms with van der Waals surface area (Å²) in [6.07, 6.45) is 1.99. The van der Waals surface area contributed by atoms with Crippen LogP contribution in [0.4, 0.5) is 5.69 Å². The smallest absolute Gasteiger partial charge is 0.254 e. The number of primary amides is 1. The Bertz CT molecular complexity index is 979. The number of amides is 1. The molecule has 0 aliphatic rings. The fraction of sp³-hybridized carbons (Fsp3) is 0.111. The molecule has 0 unspecified atom stereocenters. The standard InChI is InChI=1S/C18H16N2O3S/c1-22-15-8-3-5-11-9-14(17(19)21)18(23-16(11)15)20-12-6-4-7-13(10-12)24-2/h3-10H,1-2H3,(H2,19,21). The molecule has 122 valence electrons. The Morgan fingerprint density at radius 1 is 1.21 bits per heavy atom. The van der Waals surface area contributed by atoms with Gasteiger partial charge in [-0.15, -0.1) is 11.8 Å². The van der Waals surface area contributed by atoms with E-state index < -0.39 is 5.91 Å². The molecule has 0 aliphatic carbocycles. The Kier molecular flexibility index (Phi) is 4.57. The Morgan fingerprint density at radius 2 is 2.00 bits per heavy atom. The van der Waals surface area contributed by atoms with Gasteiger partial charge < -0.3 is 14.9 Å².